The van der Waals surface area contributed by atoms with E-state index in [-0.39, 0.29) is 38.0 Å². The molecular weight excluding hydrogens is 520 g/mol. The van der Waals surface area contributed by atoms with Gasteiger partial charge in [-0.3, -0.25) is 19.2 Å². The van der Waals surface area contributed by atoms with Crippen LogP contribution in [0.2, 0.25) is 0 Å². The van der Waals surface area contributed by atoms with Crippen molar-refractivity contribution >= 4 is 29.7 Å². The average molecular weight is 555 g/mol. The molecule has 4 unspecified atom stereocenters. The third-order valence-corrected chi connectivity index (χ3v) is 6.73. The third-order valence-electron chi connectivity index (χ3n) is 6.73. The Bertz CT molecular complexity index is 1200. The molecule has 0 radical (unpaired) electrons. The SMILES string of the molecule is NC(CCC(=O)O)C(=O)NC(Cc1ccccc1)C(=O)N1CCCC1C(=O)NC(Cc1ccc(O)cc1)C(=O)O. The number of carboxylic acid groups (broad SMARTS) is 2. The van der Waals surface area contributed by atoms with Crippen LogP contribution in [0, 0.1) is 0 Å². The van der Waals surface area contributed by atoms with Gasteiger partial charge >= 0.3 is 11.9 Å². The Hall–Kier alpha value is -4.45. The number of phenolic OH excluding ortho intramolecular Hbond substituents is 1. The zero-order valence-electron chi connectivity index (χ0n) is 21.9. The van der Waals surface area contributed by atoms with Crippen molar-refractivity contribution in [1.29, 1.82) is 0 Å². The number of aliphatic carboxylic acids is 2. The van der Waals surface area contributed by atoms with E-state index in [1.165, 1.54) is 17.0 Å². The number of nitrogens with zero attached hydrogens (tertiary/aromatic N) is 1. The maximum absolute atomic E-state index is 13.7. The number of carbonyl (C=O) groups is 5. The highest BCUT2D eigenvalue weighted by Gasteiger charge is 2.39. The van der Waals surface area contributed by atoms with Crippen LogP contribution >= 0.6 is 0 Å². The summed E-state index contributed by atoms with van der Waals surface area (Å²) >= 11 is 0. The van der Waals surface area contributed by atoms with Gasteiger partial charge in [0.1, 0.15) is 23.9 Å². The summed E-state index contributed by atoms with van der Waals surface area (Å²) in [6.07, 6.45) is 0.481. The van der Waals surface area contributed by atoms with Crippen LogP contribution in [-0.4, -0.2) is 80.6 Å². The van der Waals surface area contributed by atoms with Crippen LogP contribution in [0.15, 0.2) is 54.6 Å². The number of hydrogen-bond donors (Lipinski definition) is 6. The highest BCUT2D eigenvalue weighted by Crippen LogP contribution is 2.21. The molecule has 1 aliphatic heterocycles. The summed E-state index contributed by atoms with van der Waals surface area (Å²) in [6, 6.07) is 10.5. The second-order valence-corrected chi connectivity index (χ2v) is 9.75. The highest BCUT2D eigenvalue weighted by molar-refractivity contribution is 5.94. The topological polar surface area (TPSA) is 199 Å². The smallest absolute Gasteiger partial charge is 0.326 e. The normalized spacial score (nSPS) is 16.9. The van der Waals surface area contributed by atoms with E-state index in [0.717, 1.165) is 5.56 Å². The second-order valence-electron chi connectivity index (χ2n) is 9.75. The maximum atomic E-state index is 13.7. The van der Waals surface area contributed by atoms with Crippen molar-refractivity contribution in [2.24, 2.45) is 5.73 Å². The molecule has 2 aromatic carbocycles. The van der Waals surface area contributed by atoms with Gasteiger partial charge in [-0.15, -0.1) is 0 Å². The summed E-state index contributed by atoms with van der Waals surface area (Å²) in [7, 11) is 0. The van der Waals surface area contributed by atoms with E-state index in [2.05, 4.69) is 10.6 Å². The quantitative estimate of drug-likeness (QED) is 0.203. The lowest BCUT2D eigenvalue weighted by molar-refractivity contribution is -0.145. The summed E-state index contributed by atoms with van der Waals surface area (Å²) in [5.41, 5.74) is 7.20. The molecule has 7 N–H and O–H groups in total. The first-order valence-corrected chi connectivity index (χ1v) is 13.0. The van der Waals surface area contributed by atoms with Gasteiger partial charge in [-0.25, -0.2) is 4.79 Å². The van der Waals surface area contributed by atoms with E-state index in [9.17, 15) is 34.2 Å². The van der Waals surface area contributed by atoms with Gasteiger partial charge in [0, 0.05) is 25.8 Å². The van der Waals surface area contributed by atoms with Gasteiger partial charge in [-0.05, 0) is 42.5 Å². The van der Waals surface area contributed by atoms with Gasteiger partial charge in [-0.1, -0.05) is 42.5 Å². The zero-order valence-corrected chi connectivity index (χ0v) is 21.9. The fourth-order valence-corrected chi connectivity index (χ4v) is 4.58. The van der Waals surface area contributed by atoms with Crippen LogP contribution in [0.1, 0.15) is 36.8 Å². The van der Waals surface area contributed by atoms with Gasteiger partial charge in [0.05, 0.1) is 6.04 Å². The Morgan fingerprint density at radius 1 is 0.900 bits per heavy atom. The van der Waals surface area contributed by atoms with Crippen LogP contribution in [0.5, 0.6) is 5.75 Å². The number of nitrogens with two attached hydrogens (primary N) is 1. The van der Waals surface area contributed by atoms with Crippen LogP contribution in [0.4, 0.5) is 0 Å². The lowest BCUT2D eigenvalue weighted by atomic mass is 10.0. The van der Waals surface area contributed by atoms with Gasteiger partial charge in [0.15, 0.2) is 0 Å². The molecule has 12 heteroatoms. The molecule has 1 saturated heterocycles. The van der Waals surface area contributed by atoms with Crippen LogP contribution < -0.4 is 16.4 Å². The number of rotatable bonds is 13. The van der Waals surface area contributed by atoms with E-state index >= 15 is 0 Å². The fraction of sp³-hybridized carbons (Fsp3) is 0.393. The Kier molecular flexibility index (Phi) is 10.6. The van der Waals surface area contributed by atoms with E-state index in [4.69, 9.17) is 10.8 Å². The molecule has 0 saturated carbocycles. The number of likely N-dealkylation sites (tertiary alicyclic amines) is 1. The molecule has 0 spiro atoms. The minimum atomic E-state index is -1.26. The van der Waals surface area contributed by atoms with Gasteiger partial charge < -0.3 is 36.6 Å². The molecule has 12 nitrogen and oxygen atoms in total. The van der Waals surface area contributed by atoms with Gasteiger partial charge in [-0.2, -0.15) is 0 Å². The second kappa shape index (κ2) is 14.1. The standard InChI is InChI=1S/C28H34N4O8/c29-20(12-13-24(34)35)25(36)30-21(15-17-5-2-1-3-6-17)27(38)32-14-4-7-23(32)26(37)31-22(28(39)40)16-18-8-10-19(33)11-9-18/h1-3,5-6,8-11,20-23,33H,4,7,12-16,29H2,(H,30,36)(H,31,37)(H,34,35)(H,39,40). The van der Waals surface area contributed by atoms with Crippen molar-refractivity contribution in [1.82, 2.24) is 15.5 Å². The molecule has 0 aliphatic carbocycles. The van der Waals surface area contributed by atoms with Crippen molar-refractivity contribution in [3.05, 3.63) is 65.7 Å². The van der Waals surface area contributed by atoms with Gasteiger partial charge in [0.2, 0.25) is 17.7 Å². The summed E-state index contributed by atoms with van der Waals surface area (Å²) in [6.45, 7) is 0.235. The van der Waals surface area contributed by atoms with Crippen LogP contribution in [-0.2, 0) is 36.8 Å². The first-order valence-electron chi connectivity index (χ1n) is 13.0. The molecule has 40 heavy (non-hydrogen) atoms. The molecule has 2 aromatic rings. The molecule has 1 heterocycles. The largest absolute Gasteiger partial charge is 0.508 e. The van der Waals surface area contributed by atoms with Crippen molar-refractivity contribution < 1.29 is 39.3 Å². The van der Waals surface area contributed by atoms with Crippen molar-refractivity contribution in [2.75, 3.05) is 6.54 Å². The first-order chi connectivity index (χ1) is 19.0. The average Bonchev–Trinajstić information content (AvgIpc) is 3.42. The lowest BCUT2D eigenvalue weighted by Gasteiger charge is -2.30. The highest BCUT2D eigenvalue weighted by atomic mass is 16.4. The number of hydrogen-bond acceptors (Lipinski definition) is 7. The Morgan fingerprint density at radius 2 is 1.52 bits per heavy atom. The van der Waals surface area contributed by atoms with Crippen LogP contribution in [0.25, 0.3) is 0 Å². The van der Waals surface area contributed by atoms with E-state index in [1.807, 2.05) is 0 Å². The summed E-state index contributed by atoms with van der Waals surface area (Å²) in [5, 5.41) is 33.2. The molecule has 1 fully saturated rings. The van der Waals surface area contributed by atoms with Crippen molar-refractivity contribution in [2.45, 2.75) is 62.7 Å². The zero-order chi connectivity index (χ0) is 29.2. The fourth-order valence-electron chi connectivity index (χ4n) is 4.58. The summed E-state index contributed by atoms with van der Waals surface area (Å²) in [4.78, 5) is 63.7. The van der Waals surface area contributed by atoms with Crippen LogP contribution in [0.3, 0.4) is 0 Å². The molecular formula is C28H34N4O8. The monoisotopic (exact) mass is 554 g/mol. The number of carbonyl (C=O) groups excluding carboxylic acids is 3. The van der Waals surface area contributed by atoms with E-state index < -0.39 is 53.8 Å². The Morgan fingerprint density at radius 3 is 2.15 bits per heavy atom. The number of aromatic hydroxyl groups is 1. The Balaban J connectivity index is 1.74. The molecule has 0 bridgehead atoms. The number of amides is 3. The number of phenols is 1. The number of carboxylic acids is 2. The lowest BCUT2D eigenvalue weighted by Crippen LogP contribution is -2.57. The molecule has 1 aliphatic rings. The predicted octanol–water partition coefficient (Wildman–Crippen LogP) is 0.415. The number of nitrogens with one attached hydrogen (secondary N) is 2. The number of benzene rings is 2. The summed E-state index contributed by atoms with van der Waals surface area (Å²) < 4.78 is 0. The predicted molar refractivity (Wildman–Crippen MR) is 143 cm³/mol. The third kappa shape index (κ3) is 8.53. The van der Waals surface area contributed by atoms with E-state index in [1.54, 1.807) is 42.5 Å². The van der Waals surface area contributed by atoms with Crippen molar-refractivity contribution in [3.63, 3.8) is 0 Å². The first kappa shape index (κ1) is 30.1. The molecule has 3 amide bonds. The molecule has 4 atom stereocenters. The maximum Gasteiger partial charge on any atom is 0.326 e. The summed E-state index contributed by atoms with van der Waals surface area (Å²) in [5.74, 6) is -4.15. The van der Waals surface area contributed by atoms with Crippen molar-refractivity contribution in [3.8, 4) is 5.75 Å². The minimum Gasteiger partial charge on any atom is -0.508 e. The molecule has 0 aromatic heterocycles. The van der Waals surface area contributed by atoms with Gasteiger partial charge in [0.25, 0.3) is 0 Å². The van der Waals surface area contributed by atoms with E-state index in [0.29, 0.717) is 18.4 Å². The minimum absolute atomic E-state index is 0.0249. The molecule has 214 valence electrons. The molecule has 3 rings (SSSR count). The Labute approximate surface area is 231 Å².